The Labute approximate surface area is 131 Å². The van der Waals surface area contributed by atoms with Gasteiger partial charge in [-0.3, -0.25) is 0 Å². The van der Waals surface area contributed by atoms with Crippen molar-refractivity contribution >= 4 is 6.09 Å². The van der Waals surface area contributed by atoms with Crippen molar-refractivity contribution in [2.45, 2.75) is 44.6 Å². The summed E-state index contributed by atoms with van der Waals surface area (Å²) in [5, 5.41) is 0. The third-order valence-electron chi connectivity index (χ3n) is 4.22. The van der Waals surface area contributed by atoms with E-state index in [9.17, 15) is 9.18 Å². The topological polar surface area (TPSA) is 55.6 Å². The van der Waals surface area contributed by atoms with Gasteiger partial charge in [-0.1, -0.05) is 12.1 Å². The number of amides is 1. The minimum atomic E-state index is -0.490. The molecule has 0 aromatic heterocycles. The highest BCUT2D eigenvalue weighted by Crippen LogP contribution is 2.35. The van der Waals surface area contributed by atoms with Crippen LogP contribution in [0.2, 0.25) is 0 Å². The lowest BCUT2D eigenvalue weighted by atomic mass is 9.73. The number of ether oxygens (including phenoxy) is 1. The number of benzene rings is 1. The molecule has 1 aliphatic rings. The standard InChI is InChI=1S/C17H25FN2O2/c1-16(2,3)22-15(21)20-10-8-17(12-19,9-11-20)13-4-6-14(18)7-5-13/h4-7H,8-12,19H2,1-3H3. The van der Waals surface area contributed by atoms with E-state index < -0.39 is 5.60 Å². The van der Waals surface area contributed by atoms with Crippen LogP contribution in [0.3, 0.4) is 0 Å². The Morgan fingerprint density at radius 2 is 1.82 bits per heavy atom. The van der Waals surface area contributed by atoms with Gasteiger partial charge in [0.25, 0.3) is 0 Å². The molecule has 1 aliphatic heterocycles. The molecule has 0 bridgehead atoms. The lowest BCUT2D eigenvalue weighted by molar-refractivity contribution is 0.0167. The van der Waals surface area contributed by atoms with Gasteiger partial charge in [0.15, 0.2) is 0 Å². The molecular formula is C17H25FN2O2. The predicted octanol–water partition coefficient (Wildman–Crippen LogP) is 3.05. The molecule has 1 amide bonds. The van der Waals surface area contributed by atoms with E-state index in [1.807, 2.05) is 20.8 Å². The third-order valence-corrected chi connectivity index (χ3v) is 4.22. The highest BCUT2D eigenvalue weighted by Gasteiger charge is 2.37. The molecule has 1 heterocycles. The van der Waals surface area contributed by atoms with Crippen LogP contribution in [0.1, 0.15) is 39.2 Å². The Morgan fingerprint density at radius 1 is 1.27 bits per heavy atom. The predicted molar refractivity (Wildman–Crippen MR) is 84.2 cm³/mol. The van der Waals surface area contributed by atoms with Crippen molar-refractivity contribution in [1.29, 1.82) is 0 Å². The monoisotopic (exact) mass is 308 g/mol. The van der Waals surface area contributed by atoms with Gasteiger partial charge in [0.1, 0.15) is 11.4 Å². The van der Waals surface area contributed by atoms with E-state index in [1.54, 1.807) is 17.0 Å². The van der Waals surface area contributed by atoms with Crippen molar-refractivity contribution in [1.82, 2.24) is 4.90 Å². The highest BCUT2D eigenvalue weighted by atomic mass is 19.1. The normalized spacial score (nSPS) is 18.1. The number of likely N-dealkylation sites (tertiary alicyclic amines) is 1. The van der Waals surface area contributed by atoms with E-state index in [2.05, 4.69) is 0 Å². The number of carbonyl (C=O) groups is 1. The van der Waals surface area contributed by atoms with Gasteiger partial charge in [0.05, 0.1) is 0 Å². The molecule has 0 saturated carbocycles. The van der Waals surface area contributed by atoms with E-state index in [-0.39, 0.29) is 17.3 Å². The van der Waals surface area contributed by atoms with Crippen molar-refractivity contribution in [3.05, 3.63) is 35.6 Å². The maximum Gasteiger partial charge on any atom is 0.410 e. The van der Waals surface area contributed by atoms with Gasteiger partial charge in [-0.15, -0.1) is 0 Å². The Hall–Kier alpha value is -1.62. The molecular weight excluding hydrogens is 283 g/mol. The molecule has 0 aliphatic carbocycles. The summed E-state index contributed by atoms with van der Waals surface area (Å²) in [6.07, 6.45) is 1.24. The first-order valence-corrected chi connectivity index (χ1v) is 7.70. The van der Waals surface area contributed by atoms with Crippen LogP contribution in [0.15, 0.2) is 24.3 Å². The van der Waals surface area contributed by atoms with Gasteiger partial charge in [-0.05, 0) is 51.3 Å². The molecule has 0 radical (unpaired) electrons. The first-order valence-electron chi connectivity index (χ1n) is 7.70. The fraction of sp³-hybridized carbons (Fsp3) is 0.588. The van der Waals surface area contributed by atoms with Crippen LogP contribution in [-0.2, 0) is 10.2 Å². The van der Waals surface area contributed by atoms with Crippen molar-refractivity contribution in [2.75, 3.05) is 19.6 Å². The first-order chi connectivity index (χ1) is 10.3. The maximum atomic E-state index is 13.1. The summed E-state index contributed by atoms with van der Waals surface area (Å²) in [5.74, 6) is -0.248. The van der Waals surface area contributed by atoms with Crippen LogP contribution in [0.5, 0.6) is 0 Å². The van der Waals surface area contributed by atoms with E-state index >= 15 is 0 Å². The van der Waals surface area contributed by atoms with Gasteiger partial charge >= 0.3 is 6.09 Å². The second-order valence-electron chi connectivity index (χ2n) is 6.96. The molecule has 0 unspecified atom stereocenters. The molecule has 2 N–H and O–H groups in total. The second kappa shape index (κ2) is 6.24. The summed E-state index contributed by atoms with van der Waals surface area (Å²) in [5.41, 5.74) is 6.37. The summed E-state index contributed by atoms with van der Waals surface area (Å²) in [4.78, 5) is 13.8. The molecule has 1 saturated heterocycles. The summed E-state index contributed by atoms with van der Waals surface area (Å²) in [7, 11) is 0. The number of piperidine rings is 1. The van der Waals surface area contributed by atoms with Crippen LogP contribution in [0.25, 0.3) is 0 Å². The molecule has 5 heteroatoms. The fourth-order valence-corrected chi connectivity index (χ4v) is 2.86. The lowest BCUT2D eigenvalue weighted by Gasteiger charge is -2.41. The zero-order valence-corrected chi connectivity index (χ0v) is 13.6. The van der Waals surface area contributed by atoms with E-state index in [1.165, 1.54) is 12.1 Å². The summed E-state index contributed by atoms with van der Waals surface area (Å²) in [6, 6.07) is 6.52. The van der Waals surface area contributed by atoms with Crippen LogP contribution in [-0.4, -0.2) is 36.2 Å². The Kier molecular flexibility index (Phi) is 4.75. The van der Waals surface area contributed by atoms with Crippen molar-refractivity contribution in [3.8, 4) is 0 Å². The lowest BCUT2D eigenvalue weighted by Crippen LogP contribution is -2.49. The Balaban J connectivity index is 2.05. The Bertz CT molecular complexity index is 514. The molecule has 4 nitrogen and oxygen atoms in total. The second-order valence-corrected chi connectivity index (χ2v) is 6.96. The van der Waals surface area contributed by atoms with Gasteiger partial charge < -0.3 is 15.4 Å². The van der Waals surface area contributed by atoms with Crippen molar-refractivity contribution < 1.29 is 13.9 Å². The molecule has 122 valence electrons. The van der Waals surface area contributed by atoms with E-state index in [4.69, 9.17) is 10.5 Å². The van der Waals surface area contributed by atoms with E-state index in [0.29, 0.717) is 19.6 Å². The van der Waals surface area contributed by atoms with Gasteiger partial charge in [0, 0.05) is 25.0 Å². The van der Waals surface area contributed by atoms with E-state index in [0.717, 1.165) is 18.4 Å². The average Bonchev–Trinajstić information content (AvgIpc) is 2.46. The zero-order valence-electron chi connectivity index (χ0n) is 13.6. The van der Waals surface area contributed by atoms with Crippen molar-refractivity contribution in [3.63, 3.8) is 0 Å². The molecule has 2 rings (SSSR count). The molecule has 1 fully saturated rings. The zero-order chi connectivity index (χ0) is 16.4. The quantitative estimate of drug-likeness (QED) is 0.913. The SMILES string of the molecule is CC(C)(C)OC(=O)N1CCC(CN)(c2ccc(F)cc2)CC1. The minimum Gasteiger partial charge on any atom is -0.444 e. The number of nitrogens with zero attached hydrogens (tertiary/aromatic N) is 1. The molecule has 1 aromatic carbocycles. The maximum absolute atomic E-state index is 13.1. The minimum absolute atomic E-state index is 0.188. The number of hydrogen-bond acceptors (Lipinski definition) is 3. The molecule has 1 aromatic rings. The fourth-order valence-electron chi connectivity index (χ4n) is 2.86. The van der Waals surface area contributed by atoms with Gasteiger partial charge in [-0.25, -0.2) is 9.18 Å². The smallest absolute Gasteiger partial charge is 0.410 e. The summed E-state index contributed by atoms with van der Waals surface area (Å²) < 4.78 is 18.5. The number of halogens is 1. The molecule has 0 spiro atoms. The number of carbonyl (C=O) groups excluding carboxylic acids is 1. The van der Waals surface area contributed by atoms with Crippen LogP contribution in [0.4, 0.5) is 9.18 Å². The highest BCUT2D eigenvalue weighted by molar-refractivity contribution is 5.68. The van der Waals surface area contributed by atoms with Crippen LogP contribution < -0.4 is 5.73 Å². The number of nitrogens with two attached hydrogens (primary N) is 1. The number of rotatable bonds is 2. The first kappa shape index (κ1) is 16.7. The summed E-state index contributed by atoms with van der Waals surface area (Å²) in [6.45, 7) is 7.26. The largest absolute Gasteiger partial charge is 0.444 e. The number of hydrogen-bond donors (Lipinski definition) is 1. The van der Waals surface area contributed by atoms with Gasteiger partial charge in [0.2, 0.25) is 0 Å². The van der Waals surface area contributed by atoms with Gasteiger partial charge in [-0.2, -0.15) is 0 Å². The molecule has 0 atom stereocenters. The van der Waals surface area contributed by atoms with Crippen molar-refractivity contribution in [2.24, 2.45) is 5.73 Å². The summed E-state index contributed by atoms with van der Waals surface area (Å²) >= 11 is 0. The molecule has 22 heavy (non-hydrogen) atoms. The Morgan fingerprint density at radius 3 is 2.27 bits per heavy atom. The third kappa shape index (κ3) is 3.77. The average molecular weight is 308 g/mol. The van der Waals surface area contributed by atoms with Crippen LogP contribution >= 0.6 is 0 Å². The van der Waals surface area contributed by atoms with Crippen LogP contribution in [0, 0.1) is 5.82 Å².